The van der Waals surface area contributed by atoms with Crippen molar-refractivity contribution in [3.63, 3.8) is 0 Å². The topological polar surface area (TPSA) is 36.9 Å². The monoisotopic (exact) mass is 442 g/mol. The molecule has 30 heavy (non-hydrogen) atoms. The third kappa shape index (κ3) is 5.05. The Balaban J connectivity index is 1.89. The molecule has 0 radical (unpaired) electrons. The molecule has 3 rings (SSSR count). The van der Waals surface area contributed by atoms with Crippen LogP contribution in [0.15, 0.2) is 42.5 Å². The van der Waals surface area contributed by atoms with Crippen molar-refractivity contribution in [1.82, 2.24) is 0 Å². The van der Waals surface area contributed by atoms with Crippen LogP contribution in [0.4, 0.5) is 13.2 Å². The van der Waals surface area contributed by atoms with Gasteiger partial charge in [0.05, 0.1) is 11.2 Å². The molecule has 0 spiro atoms. The van der Waals surface area contributed by atoms with Gasteiger partial charge in [-0.25, -0.2) is 0 Å². The van der Waals surface area contributed by atoms with Gasteiger partial charge in [0.2, 0.25) is 0 Å². The number of ether oxygens (including phenoxy) is 2. The maximum Gasteiger partial charge on any atom is 0.573 e. The van der Waals surface area contributed by atoms with Gasteiger partial charge in [-0.2, -0.15) is 0 Å². The van der Waals surface area contributed by atoms with Crippen LogP contribution >= 0.6 is 11.6 Å². The maximum atomic E-state index is 13.0. The molecule has 0 bridgehead atoms. The predicted octanol–water partition coefficient (Wildman–Crippen LogP) is 5.68. The van der Waals surface area contributed by atoms with E-state index in [9.17, 15) is 13.2 Å². The van der Waals surface area contributed by atoms with Gasteiger partial charge in [-0.05, 0) is 69.9 Å². The standard InChI is InChI=1S/C21H23BClF3O4/c1-13(14-6-9-16(23)10-7-14)27-17-11-8-15(12-18(17)28-21(24,25)26)22-29-19(2,3)20(4,5)30-22/h6-13H,1-5H3/t13-/m0/s1. The van der Waals surface area contributed by atoms with Gasteiger partial charge in [-0.3, -0.25) is 0 Å². The first kappa shape index (κ1) is 22.8. The lowest BCUT2D eigenvalue weighted by atomic mass is 9.79. The van der Waals surface area contributed by atoms with Crippen molar-refractivity contribution in [2.45, 2.75) is 58.3 Å². The minimum Gasteiger partial charge on any atom is -0.482 e. The number of hydrogen-bond acceptors (Lipinski definition) is 4. The second-order valence-electron chi connectivity index (χ2n) is 8.15. The summed E-state index contributed by atoms with van der Waals surface area (Å²) in [6.45, 7) is 9.19. The van der Waals surface area contributed by atoms with Crippen molar-refractivity contribution in [2.75, 3.05) is 0 Å². The highest BCUT2D eigenvalue weighted by Crippen LogP contribution is 2.38. The SMILES string of the molecule is C[C@H](Oc1ccc(B2OC(C)(C)C(C)(C)O2)cc1OC(F)(F)F)c1ccc(Cl)cc1. The third-order valence-corrected chi connectivity index (χ3v) is 5.61. The van der Waals surface area contributed by atoms with E-state index in [4.69, 9.17) is 25.6 Å². The average Bonchev–Trinajstić information content (AvgIpc) is 2.83. The lowest BCUT2D eigenvalue weighted by Crippen LogP contribution is -2.41. The normalized spacial score (nSPS) is 18.9. The number of halogens is 4. The van der Waals surface area contributed by atoms with E-state index in [-0.39, 0.29) is 5.75 Å². The zero-order chi connectivity index (χ0) is 22.3. The van der Waals surface area contributed by atoms with Gasteiger partial charge in [0.1, 0.15) is 6.10 Å². The van der Waals surface area contributed by atoms with Crippen LogP contribution < -0.4 is 14.9 Å². The van der Waals surface area contributed by atoms with E-state index < -0.39 is 36.5 Å². The molecule has 4 nitrogen and oxygen atoms in total. The third-order valence-electron chi connectivity index (χ3n) is 5.36. The van der Waals surface area contributed by atoms with Gasteiger partial charge in [-0.1, -0.05) is 29.8 Å². The molecule has 1 aliphatic heterocycles. The molecule has 2 aromatic carbocycles. The molecule has 0 amide bonds. The first-order valence-electron chi connectivity index (χ1n) is 9.45. The Morgan fingerprint density at radius 1 is 0.933 bits per heavy atom. The highest BCUT2D eigenvalue weighted by atomic mass is 35.5. The van der Waals surface area contributed by atoms with Crippen molar-refractivity contribution in [2.24, 2.45) is 0 Å². The largest absolute Gasteiger partial charge is 0.573 e. The highest BCUT2D eigenvalue weighted by molar-refractivity contribution is 6.62. The van der Waals surface area contributed by atoms with Gasteiger partial charge < -0.3 is 18.8 Å². The van der Waals surface area contributed by atoms with E-state index in [1.165, 1.54) is 12.1 Å². The van der Waals surface area contributed by atoms with E-state index in [1.807, 2.05) is 27.7 Å². The summed E-state index contributed by atoms with van der Waals surface area (Å²) < 4.78 is 60.9. The summed E-state index contributed by atoms with van der Waals surface area (Å²) in [5.41, 5.74) is -0.0890. The summed E-state index contributed by atoms with van der Waals surface area (Å²) in [6.07, 6.45) is -5.41. The Labute approximate surface area is 179 Å². The van der Waals surface area contributed by atoms with Crippen molar-refractivity contribution in [3.8, 4) is 11.5 Å². The molecule has 1 saturated heterocycles. The number of hydrogen-bond donors (Lipinski definition) is 0. The predicted molar refractivity (Wildman–Crippen MR) is 109 cm³/mol. The van der Waals surface area contributed by atoms with Crippen molar-refractivity contribution in [1.29, 1.82) is 0 Å². The Morgan fingerprint density at radius 2 is 1.50 bits per heavy atom. The van der Waals surface area contributed by atoms with Crippen molar-refractivity contribution in [3.05, 3.63) is 53.1 Å². The van der Waals surface area contributed by atoms with E-state index in [2.05, 4.69) is 4.74 Å². The maximum absolute atomic E-state index is 13.0. The van der Waals surface area contributed by atoms with Gasteiger partial charge in [0.25, 0.3) is 0 Å². The fourth-order valence-electron chi connectivity index (χ4n) is 2.94. The lowest BCUT2D eigenvalue weighted by molar-refractivity contribution is -0.275. The highest BCUT2D eigenvalue weighted by Gasteiger charge is 2.52. The molecule has 9 heteroatoms. The Bertz CT molecular complexity index is 884. The fraction of sp³-hybridized carbons (Fsp3) is 0.429. The van der Waals surface area contributed by atoms with Crippen LogP contribution in [0.25, 0.3) is 0 Å². The second kappa shape index (κ2) is 7.98. The summed E-state index contributed by atoms with van der Waals surface area (Å²) in [4.78, 5) is 0. The first-order chi connectivity index (χ1) is 13.8. The molecule has 0 N–H and O–H groups in total. The minimum atomic E-state index is -4.88. The van der Waals surface area contributed by atoms with E-state index >= 15 is 0 Å². The van der Waals surface area contributed by atoms with Crippen molar-refractivity contribution < 1.29 is 32.0 Å². The van der Waals surface area contributed by atoms with Crippen LogP contribution in [-0.2, 0) is 9.31 Å². The van der Waals surface area contributed by atoms with Crippen LogP contribution in [-0.4, -0.2) is 24.7 Å². The second-order valence-corrected chi connectivity index (χ2v) is 8.59. The van der Waals surface area contributed by atoms with E-state index in [1.54, 1.807) is 37.3 Å². The van der Waals surface area contributed by atoms with Crippen LogP contribution in [0, 0.1) is 0 Å². The number of rotatable bonds is 5. The number of benzene rings is 2. The molecule has 1 fully saturated rings. The van der Waals surface area contributed by atoms with Crippen LogP contribution in [0.3, 0.4) is 0 Å². The van der Waals surface area contributed by atoms with Gasteiger partial charge in [0.15, 0.2) is 11.5 Å². The molecule has 0 saturated carbocycles. The quantitative estimate of drug-likeness (QED) is 0.559. The zero-order valence-electron chi connectivity index (χ0n) is 17.3. The first-order valence-corrected chi connectivity index (χ1v) is 9.83. The van der Waals surface area contributed by atoms with Crippen molar-refractivity contribution >= 4 is 24.2 Å². The van der Waals surface area contributed by atoms with Gasteiger partial charge >= 0.3 is 13.5 Å². The Morgan fingerprint density at radius 3 is 2.03 bits per heavy atom. The Hall–Kier alpha value is -1.90. The minimum absolute atomic E-state index is 0.0463. The summed E-state index contributed by atoms with van der Waals surface area (Å²) in [5, 5.41) is 0.554. The summed E-state index contributed by atoms with van der Waals surface area (Å²) >= 11 is 5.88. The molecule has 0 aliphatic carbocycles. The molecule has 1 aliphatic rings. The van der Waals surface area contributed by atoms with E-state index in [0.29, 0.717) is 10.5 Å². The smallest absolute Gasteiger partial charge is 0.482 e. The summed E-state index contributed by atoms with van der Waals surface area (Å²) in [6, 6.07) is 11.1. The van der Waals surface area contributed by atoms with Crippen LogP contribution in [0.1, 0.15) is 46.3 Å². The lowest BCUT2D eigenvalue weighted by Gasteiger charge is -2.32. The molecule has 1 heterocycles. The molecule has 1 atom stereocenters. The molecular formula is C21H23BClF3O4. The fourth-order valence-corrected chi connectivity index (χ4v) is 3.07. The van der Waals surface area contributed by atoms with Crippen LogP contribution in [0.5, 0.6) is 11.5 Å². The molecule has 0 aromatic heterocycles. The Kier molecular flexibility index (Phi) is 6.06. The zero-order valence-corrected chi connectivity index (χ0v) is 18.1. The molecule has 2 aromatic rings. The number of alkyl halides is 3. The summed E-state index contributed by atoms with van der Waals surface area (Å²) in [7, 11) is -0.826. The van der Waals surface area contributed by atoms with E-state index in [0.717, 1.165) is 5.56 Å². The molecule has 0 unspecified atom stereocenters. The van der Waals surface area contributed by atoms with Gasteiger partial charge in [0, 0.05) is 5.02 Å². The molecule has 162 valence electrons. The molecular weight excluding hydrogens is 419 g/mol. The summed E-state index contributed by atoms with van der Waals surface area (Å²) in [5.74, 6) is -0.509. The van der Waals surface area contributed by atoms with Crippen LogP contribution in [0.2, 0.25) is 5.02 Å². The average molecular weight is 443 g/mol. The van der Waals surface area contributed by atoms with Gasteiger partial charge in [-0.15, -0.1) is 13.2 Å².